The van der Waals surface area contributed by atoms with Crippen molar-refractivity contribution in [2.45, 2.75) is 38.5 Å². The Balaban J connectivity index is 2.40. The van der Waals surface area contributed by atoms with E-state index in [2.05, 4.69) is 4.72 Å². The van der Waals surface area contributed by atoms with E-state index in [9.17, 15) is 13.2 Å². The van der Waals surface area contributed by atoms with Gasteiger partial charge in [-0.25, -0.2) is 8.42 Å². The summed E-state index contributed by atoms with van der Waals surface area (Å²) < 4.78 is 33.7. The number of sulfonamides is 1. The van der Waals surface area contributed by atoms with Crippen molar-refractivity contribution in [1.29, 1.82) is 0 Å². The van der Waals surface area contributed by atoms with Crippen molar-refractivity contribution in [1.82, 2.24) is 4.90 Å². The van der Waals surface area contributed by atoms with Gasteiger partial charge in [-0.05, 0) is 50.1 Å². The number of methoxy groups -OCH3 is 1. The van der Waals surface area contributed by atoms with Crippen molar-refractivity contribution in [3.63, 3.8) is 0 Å². The molecule has 7 heteroatoms. The molecule has 2 aromatic carbocycles. The summed E-state index contributed by atoms with van der Waals surface area (Å²) in [4.78, 5) is 14.6. The summed E-state index contributed by atoms with van der Waals surface area (Å²) in [5, 5.41) is 0. The van der Waals surface area contributed by atoms with E-state index in [4.69, 9.17) is 4.74 Å². The number of nitrogens with zero attached hydrogens (tertiary/aromatic N) is 1. The highest BCUT2D eigenvalue weighted by atomic mass is 32.2. The van der Waals surface area contributed by atoms with Crippen LogP contribution in [0.2, 0.25) is 0 Å². The highest BCUT2D eigenvalue weighted by Gasteiger charge is 2.23. The van der Waals surface area contributed by atoms with Gasteiger partial charge < -0.3 is 9.64 Å². The first-order valence-electron chi connectivity index (χ1n) is 9.39. The summed E-state index contributed by atoms with van der Waals surface area (Å²) in [6, 6.07) is 11.5. The summed E-state index contributed by atoms with van der Waals surface area (Å²) in [6.45, 7) is 7.19. The van der Waals surface area contributed by atoms with Crippen LogP contribution in [0.25, 0.3) is 0 Å². The van der Waals surface area contributed by atoms with Crippen LogP contribution in [-0.4, -0.2) is 39.4 Å². The van der Waals surface area contributed by atoms with Gasteiger partial charge in [0.05, 0.1) is 7.11 Å². The third kappa shape index (κ3) is 5.25. The van der Waals surface area contributed by atoms with Gasteiger partial charge in [-0.3, -0.25) is 9.52 Å². The molecule has 0 aliphatic rings. The molecule has 0 aromatic heterocycles. The van der Waals surface area contributed by atoms with Gasteiger partial charge in [0.1, 0.15) is 10.6 Å². The minimum atomic E-state index is -3.92. The van der Waals surface area contributed by atoms with Crippen LogP contribution in [0, 0.1) is 6.92 Å². The van der Waals surface area contributed by atoms with E-state index in [1.807, 2.05) is 32.9 Å². The largest absolute Gasteiger partial charge is 0.495 e. The number of hydrogen-bond acceptors (Lipinski definition) is 4. The summed E-state index contributed by atoms with van der Waals surface area (Å²) in [6.07, 6.45) is 1.67. The van der Waals surface area contributed by atoms with Gasteiger partial charge in [0.15, 0.2) is 0 Å². The predicted octanol–water partition coefficient (Wildman–Crippen LogP) is 4.07. The molecule has 152 valence electrons. The molecule has 0 aliphatic heterocycles. The van der Waals surface area contributed by atoms with Gasteiger partial charge in [0, 0.05) is 24.3 Å². The lowest BCUT2D eigenvalue weighted by molar-refractivity contribution is 0.0755. The Morgan fingerprint density at radius 2 is 1.64 bits per heavy atom. The molecule has 0 fully saturated rings. The first-order chi connectivity index (χ1) is 13.3. The first-order valence-corrected chi connectivity index (χ1v) is 10.9. The molecule has 0 spiro atoms. The zero-order valence-electron chi connectivity index (χ0n) is 16.9. The van der Waals surface area contributed by atoms with E-state index in [0.717, 1.165) is 18.4 Å². The van der Waals surface area contributed by atoms with E-state index in [-0.39, 0.29) is 16.6 Å². The average molecular weight is 405 g/mol. The van der Waals surface area contributed by atoms with Crippen molar-refractivity contribution >= 4 is 21.6 Å². The number of amides is 1. The van der Waals surface area contributed by atoms with Crippen LogP contribution in [-0.2, 0) is 10.0 Å². The normalized spacial score (nSPS) is 11.1. The number of hydrogen-bond donors (Lipinski definition) is 1. The SMILES string of the molecule is CCCN(CCC)C(=O)c1ccc(OC)c(S(=O)(=O)Nc2ccc(C)cc2)c1. The second-order valence-electron chi connectivity index (χ2n) is 6.63. The summed E-state index contributed by atoms with van der Waals surface area (Å²) in [7, 11) is -2.52. The van der Waals surface area contributed by atoms with Gasteiger partial charge in [-0.1, -0.05) is 31.5 Å². The quantitative estimate of drug-likeness (QED) is 0.684. The Labute approximate surface area is 167 Å². The maximum absolute atomic E-state index is 12.9. The molecule has 0 aliphatic carbocycles. The van der Waals surface area contributed by atoms with Gasteiger partial charge in [-0.2, -0.15) is 0 Å². The minimum Gasteiger partial charge on any atom is -0.495 e. The van der Waals surface area contributed by atoms with Crippen LogP contribution in [0.5, 0.6) is 5.75 Å². The molecule has 1 amide bonds. The number of aryl methyl sites for hydroxylation is 1. The summed E-state index contributed by atoms with van der Waals surface area (Å²) in [5.41, 5.74) is 1.80. The Kier molecular flexibility index (Phi) is 7.45. The van der Waals surface area contributed by atoms with Gasteiger partial charge in [0.2, 0.25) is 0 Å². The first kappa shape index (κ1) is 21.8. The maximum Gasteiger partial charge on any atom is 0.265 e. The molecule has 0 unspecified atom stereocenters. The molecule has 0 heterocycles. The molecule has 1 N–H and O–H groups in total. The topological polar surface area (TPSA) is 75.7 Å². The molecule has 2 aromatic rings. The Hall–Kier alpha value is -2.54. The molecule has 0 atom stereocenters. The second kappa shape index (κ2) is 9.59. The van der Waals surface area contributed by atoms with E-state index in [1.165, 1.54) is 19.2 Å². The van der Waals surface area contributed by atoms with E-state index < -0.39 is 10.0 Å². The predicted molar refractivity (Wildman–Crippen MR) is 111 cm³/mol. The lowest BCUT2D eigenvalue weighted by atomic mass is 10.1. The van der Waals surface area contributed by atoms with E-state index in [1.54, 1.807) is 23.1 Å². The van der Waals surface area contributed by atoms with Crippen molar-refractivity contribution in [2.24, 2.45) is 0 Å². The number of ether oxygens (including phenoxy) is 1. The lowest BCUT2D eigenvalue weighted by Crippen LogP contribution is -2.32. The van der Waals surface area contributed by atoms with Gasteiger partial charge in [0.25, 0.3) is 15.9 Å². The van der Waals surface area contributed by atoms with Crippen molar-refractivity contribution in [3.8, 4) is 5.75 Å². The van der Waals surface area contributed by atoms with Crippen LogP contribution >= 0.6 is 0 Å². The molecule has 0 saturated heterocycles. The van der Waals surface area contributed by atoms with Crippen LogP contribution in [0.4, 0.5) is 5.69 Å². The summed E-state index contributed by atoms with van der Waals surface area (Å²) >= 11 is 0. The Bertz CT molecular complexity index is 903. The van der Waals surface area contributed by atoms with Crippen molar-refractivity contribution in [2.75, 3.05) is 24.9 Å². The molecule has 2 rings (SSSR count). The van der Waals surface area contributed by atoms with Gasteiger partial charge in [-0.15, -0.1) is 0 Å². The number of carbonyl (C=O) groups excluding carboxylic acids is 1. The molecule has 0 bridgehead atoms. The third-order valence-corrected chi connectivity index (χ3v) is 5.68. The molecule has 28 heavy (non-hydrogen) atoms. The number of rotatable bonds is 9. The zero-order chi connectivity index (χ0) is 20.7. The van der Waals surface area contributed by atoms with Crippen molar-refractivity contribution < 1.29 is 17.9 Å². The van der Waals surface area contributed by atoms with Crippen LogP contribution in [0.1, 0.15) is 42.6 Å². The number of carbonyl (C=O) groups is 1. The number of nitrogens with one attached hydrogen (secondary N) is 1. The fourth-order valence-electron chi connectivity index (χ4n) is 2.89. The third-order valence-electron chi connectivity index (χ3n) is 4.28. The molecular formula is C21H28N2O4S. The Morgan fingerprint density at radius 1 is 1.04 bits per heavy atom. The monoisotopic (exact) mass is 404 g/mol. The molecule has 0 saturated carbocycles. The molecule has 6 nitrogen and oxygen atoms in total. The fourth-order valence-corrected chi connectivity index (χ4v) is 4.14. The molecular weight excluding hydrogens is 376 g/mol. The maximum atomic E-state index is 12.9. The van der Waals surface area contributed by atoms with E-state index >= 15 is 0 Å². The molecule has 0 radical (unpaired) electrons. The van der Waals surface area contributed by atoms with Crippen LogP contribution < -0.4 is 9.46 Å². The zero-order valence-corrected chi connectivity index (χ0v) is 17.7. The lowest BCUT2D eigenvalue weighted by Gasteiger charge is -2.22. The highest BCUT2D eigenvalue weighted by molar-refractivity contribution is 7.92. The second-order valence-corrected chi connectivity index (χ2v) is 8.28. The smallest absolute Gasteiger partial charge is 0.265 e. The van der Waals surface area contributed by atoms with Crippen LogP contribution in [0.3, 0.4) is 0 Å². The fraction of sp³-hybridized carbons (Fsp3) is 0.381. The standard InChI is InChI=1S/C21H28N2O4S/c1-5-13-23(14-6-2)21(24)17-9-12-19(27-4)20(15-17)28(25,26)22-18-10-7-16(3)8-11-18/h7-12,15,22H,5-6,13-14H2,1-4H3. The number of anilines is 1. The Morgan fingerprint density at radius 3 is 2.18 bits per heavy atom. The van der Waals surface area contributed by atoms with Gasteiger partial charge >= 0.3 is 0 Å². The van der Waals surface area contributed by atoms with Crippen LogP contribution in [0.15, 0.2) is 47.4 Å². The summed E-state index contributed by atoms with van der Waals surface area (Å²) in [5.74, 6) is 0.00633. The highest BCUT2D eigenvalue weighted by Crippen LogP contribution is 2.27. The van der Waals surface area contributed by atoms with E-state index in [0.29, 0.717) is 24.3 Å². The minimum absolute atomic E-state index is 0.0608. The number of benzene rings is 2. The average Bonchev–Trinajstić information content (AvgIpc) is 2.68. The van der Waals surface area contributed by atoms with Crippen molar-refractivity contribution in [3.05, 3.63) is 53.6 Å².